The van der Waals surface area contributed by atoms with Gasteiger partial charge in [-0.1, -0.05) is 12.1 Å². The third-order valence-corrected chi connectivity index (χ3v) is 4.10. The summed E-state index contributed by atoms with van der Waals surface area (Å²) in [7, 11) is -0.358. The first-order chi connectivity index (χ1) is 9.25. The van der Waals surface area contributed by atoms with E-state index >= 15 is 0 Å². The highest BCUT2D eigenvalue weighted by molar-refractivity contribution is 6.62. The standard InChI is InChI=1S/C14H20BClN2O2/c1-13(2)14(3,4)20-15(19-13)10-5-7-11(8-6-10)18-12(17)9-16/h5-8H,9H2,1-4H3,(H2,17,18). The third kappa shape index (κ3) is 3.00. The Bertz CT molecular complexity index is 498. The van der Waals surface area contributed by atoms with E-state index in [2.05, 4.69) is 4.99 Å². The predicted molar refractivity (Wildman–Crippen MR) is 84.2 cm³/mol. The van der Waals surface area contributed by atoms with Gasteiger partial charge in [0.2, 0.25) is 0 Å². The summed E-state index contributed by atoms with van der Waals surface area (Å²) in [5.74, 6) is 0.619. The number of amidine groups is 1. The number of nitrogens with two attached hydrogens (primary N) is 1. The minimum atomic E-state index is -0.358. The zero-order valence-corrected chi connectivity index (χ0v) is 13.1. The van der Waals surface area contributed by atoms with Crippen molar-refractivity contribution in [2.75, 3.05) is 5.88 Å². The van der Waals surface area contributed by atoms with E-state index in [1.807, 2.05) is 52.0 Å². The molecule has 1 saturated heterocycles. The van der Waals surface area contributed by atoms with E-state index in [0.717, 1.165) is 11.2 Å². The van der Waals surface area contributed by atoms with Crippen LogP contribution in [0.15, 0.2) is 29.3 Å². The second-order valence-electron chi connectivity index (χ2n) is 5.92. The van der Waals surface area contributed by atoms with E-state index < -0.39 is 0 Å². The van der Waals surface area contributed by atoms with Crippen molar-refractivity contribution in [1.29, 1.82) is 0 Å². The molecule has 1 aliphatic heterocycles. The Balaban J connectivity index is 2.16. The number of benzene rings is 1. The fourth-order valence-electron chi connectivity index (χ4n) is 1.88. The summed E-state index contributed by atoms with van der Waals surface area (Å²) in [5, 5.41) is 0. The highest BCUT2D eigenvalue weighted by atomic mass is 35.5. The number of rotatable bonds is 3. The lowest BCUT2D eigenvalue weighted by Gasteiger charge is -2.32. The highest BCUT2D eigenvalue weighted by Gasteiger charge is 2.51. The van der Waals surface area contributed by atoms with Crippen LogP contribution in [-0.4, -0.2) is 30.0 Å². The fraction of sp³-hybridized carbons (Fsp3) is 0.500. The first-order valence-electron chi connectivity index (χ1n) is 6.60. The van der Waals surface area contributed by atoms with Gasteiger partial charge in [-0.05, 0) is 45.3 Å². The van der Waals surface area contributed by atoms with Gasteiger partial charge in [0.05, 0.1) is 22.8 Å². The van der Waals surface area contributed by atoms with Crippen LogP contribution in [0.3, 0.4) is 0 Å². The summed E-state index contributed by atoms with van der Waals surface area (Å²) in [6.07, 6.45) is 0. The van der Waals surface area contributed by atoms with Crippen LogP contribution in [0.5, 0.6) is 0 Å². The van der Waals surface area contributed by atoms with Crippen molar-refractivity contribution in [3.63, 3.8) is 0 Å². The molecule has 1 aliphatic rings. The lowest BCUT2D eigenvalue weighted by atomic mass is 9.79. The van der Waals surface area contributed by atoms with E-state index in [0.29, 0.717) is 5.84 Å². The quantitative estimate of drug-likeness (QED) is 0.402. The van der Waals surface area contributed by atoms with E-state index in [-0.39, 0.29) is 24.2 Å². The number of hydrogen-bond acceptors (Lipinski definition) is 3. The maximum absolute atomic E-state index is 5.99. The van der Waals surface area contributed by atoms with Crippen molar-refractivity contribution in [2.45, 2.75) is 38.9 Å². The van der Waals surface area contributed by atoms with E-state index in [1.54, 1.807) is 0 Å². The van der Waals surface area contributed by atoms with E-state index in [4.69, 9.17) is 26.6 Å². The van der Waals surface area contributed by atoms with Gasteiger partial charge in [0.25, 0.3) is 0 Å². The van der Waals surface area contributed by atoms with Gasteiger partial charge >= 0.3 is 7.12 Å². The number of hydrogen-bond donors (Lipinski definition) is 1. The van der Waals surface area contributed by atoms with Crippen molar-refractivity contribution in [1.82, 2.24) is 0 Å². The van der Waals surface area contributed by atoms with Crippen LogP contribution >= 0.6 is 11.6 Å². The summed E-state index contributed by atoms with van der Waals surface area (Å²) in [4.78, 5) is 4.18. The van der Waals surface area contributed by atoms with Crippen molar-refractivity contribution in [2.24, 2.45) is 10.7 Å². The predicted octanol–water partition coefficient (Wildman–Crippen LogP) is 2.21. The SMILES string of the molecule is CC1(C)OB(c2ccc(N=C(N)CCl)cc2)OC1(C)C. The van der Waals surface area contributed by atoms with Crippen LogP contribution in [0.1, 0.15) is 27.7 Å². The Morgan fingerprint density at radius 2 is 1.65 bits per heavy atom. The Labute approximate surface area is 125 Å². The molecule has 2 N–H and O–H groups in total. The second kappa shape index (κ2) is 5.39. The molecule has 0 atom stereocenters. The molecule has 1 aromatic carbocycles. The van der Waals surface area contributed by atoms with Crippen molar-refractivity contribution < 1.29 is 9.31 Å². The number of nitrogens with zero attached hydrogens (tertiary/aromatic N) is 1. The molecule has 20 heavy (non-hydrogen) atoms. The van der Waals surface area contributed by atoms with Gasteiger partial charge in [-0.2, -0.15) is 0 Å². The van der Waals surface area contributed by atoms with Gasteiger partial charge in [-0.25, -0.2) is 4.99 Å². The van der Waals surface area contributed by atoms with Crippen molar-refractivity contribution >= 4 is 35.7 Å². The smallest absolute Gasteiger partial charge is 0.399 e. The largest absolute Gasteiger partial charge is 0.494 e. The van der Waals surface area contributed by atoms with Crippen LogP contribution in [0, 0.1) is 0 Å². The highest BCUT2D eigenvalue weighted by Crippen LogP contribution is 2.36. The molecule has 0 saturated carbocycles. The van der Waals surface area contributed by atoms with Gasteiger partial charge in [-0.3, -0.25) is 0 Å². The van der Waals surface area contributed by atoms with Crippen LogP contribution in [-0.2, 0) is 9.31 Å². The number of aliphatic imine (C=N–C) groups is 1. The molecular formula is C14H20BClN2O2. The van der Waals surface area contributed by atoms with E-state index in [9.17, 15) is 0 Å². The zero-order chi connectivity index (χ0) is 15.0. The molecule has 0 aromatic heterocycles. The second-order valence-corrected chi connectivity index (χ2v) is 6.18. The minimum Gasteiger partial charge on any atom is -0.399 e. The van der Waals surface area contributed by atoms with Crippen LogP contribution < -0.4 is 11.2 Å². The van der Waals surface area contributed by atoms with E-state index in [1.165, 1.54) is 0 Å². The molecule has 0 radical (unpaired) electrons. The van der Waals surface area contributed by atoms with Gasteiger partial charge in [0.15, 0.2) is 0 Å². The Morgan fingerprint density at radius 3 is 2.10 bits per heavy atom. The van der Waals surface area contributed by atoms with Gasteiger partial charge < -0.3 is 15.0 Å². The van der Waals surface area contributed by atoms with Crippen LogP contribution in [0.4, 0.5) is 5.69 Å². The van der Waals surface area contributed by atoms with Crippen molar-refractivity contribution in [3.05, 3.63) is 24.3 Å². The molecule has 4 nitrogen and oxygen atoms in total. The summed E-state index contributed by atoms with van der Waals surface area (Å²) in [6, 6.07) is 7.62. The molecule has 0 bridgehead atoms. The molecule has 0 amide bonds. The van der Waals surface area contributed by atoms with Crippen LogP contribution in [0.25, 0.3) is 0 Å². The summed E-state index contributed by atoms with van der Waals surface area (Å²) < 4.78 is 12.0. The number of alkyl halides is 1. The van der Waals surface area contributed by atoms with Crippen molar-refractivity contribution in [3.8, 4) is 0 Å². The zero-order valence-electron chi connectivity index (χ0n) is 12.3. The Hall–Kier alpha value is -1.04. The minimum absolute atomic E-state index is 0.221. The average Bonchev–Trinajstić information content (AvgIpc) is 2.59. The molecule has 6 heteroatoms. The molecule has 2 rings (SSSR count). The molecule has 1 aromatic rings. The number of halogens is 1. The summed E-state index contributed by atoms with van der Waals surface area (Å²) in [6.45, 7) is 8.14. The maximum atomic E-state index is 5.99. The Morgan fingerprint density at radius 1 is 1.15 bits per heavy atom. The summed E-state index contributed by atoms with van der Waals surface area (Å²) >= 11 is 5.60. The fourth-order valence-corrected chi connectivity index (χ4v) is 1.94. The van der Waals surface area contributed by atoms with Gasteiger partial charge in [0.1, 0.15) is 5.84 Å². The molecule has 0 aliphatic carbocycles. The van der Waals surface area contributed by atoms with Gasteiger partial charge in [0, 0.05) is 0 Å². The lowest BCUT2D eigenvalue weighted by molar-refractivity contribution is 0.00578. The monoisotopic (exact) mass is 294 g/mol. The maximum Gasteiger partial charge on any atom is 0.494 e. The average molecular weight is 295 g/mol. The molecule has 108 valence electrons. The normalized spacial score (nSPS) is 21.2. The molecule has 1 heterocycles. The van der Waals surface area contributed by atoms with Gasteiger partial charge in [-0.15, -0.1) is 11.6 Å². The summed E-state index contributed by atoms with van der Waals surface area (Å²) in [5.41, 5.74) is 6.67. The molecular weight excluding hydrogens is 274 g/mol. The Kier molecular flexibility index (Phi) is 4.14. The van der Waals surface area contributed by atoms with Crippen LogP contribution in [0.2, 0.25) is 0 Å². The lowest BCUT2D eigenvalue weighted by Crippen LogP contribution is -2.41. The molecule has 0 spiro atoms. The topological polar surface area (TPSA) is 56.8 Å². The molecule has 0 unspecified atom stereocenters. The molecule has 1 fully saturated rings. The first kappa shape index (κ1) is 15.4. The third-order valence-electron chi connectivity index (χ3n) is 3.83. The first-order valence-corrected chi connectivity index (χ1v) is 7.13.